The van der Waals surface area contributed by atoms with Crippen LogP contribution in [0.4, 0.5) is 5.69 Å². The molecule has 0 atom stereocenters. The lowest BCUT2D eigenvalue weighted by atomic mass is 10.3. The van der Waals surface area contributed by atoms with Gasteiger partial charge in [0.1, 0.15) is 5.69 Å². The Balaban J connectivity index is 2.69. The van der Waals surface area contributed by atoms with Crippen LogP contribution in [0.1, 0.15) is 10.5 Å². The maximum absolute atomic E-state index is 11.8. The van der Waals surface area contributed by atoms with E-state index < -0.39 is 0 Å². The van der Waals surface area contributed by atoms with E-state index in [0.29, 0.717) is 0 Å². The molecule has 0 unspecified atom stereocenters. The second kappa shape index (κ2) is 4.65. The van der Waals surface area contributed by atoms with Gasteiger partial charge in [-0.15, -0.1) is 0 Å². The summed E-state index contributed by atoms with van der Waals surface area (Å²) in [7, 11) is 4.79. The molecule has 0 bridgehead atoms. The molecule has 1 aromatic rings. The number of aromatic amines is 1. The quantitative estimate of drug-likeness (QED) is 0.700. The van der Waals surface area contributed by atoms with Crippen LogP contribution in [0.15, 0.2) is 6.20 Å². The van der Waals surface area contributed by atoms with Gasteiger partial charge in [-0.05, 0) is 0 Å². The van der Waals surface area contributed by atoms with Gasteiger partial charge in [0.15, 0.2) is 0 Å². The zero-order chi connectivity index (χ0) is 12.3. The predicted molar refractivity (Wildman–Crippen MR) is 58.7 cm³/mol. The number of aromatic nitrogens is 2. The molecule has 1 heterocycles. The van der Waals surface area contributed by atoms with Crippen molar-refractivity contribution in [1.29, 1.82) is 0 Å². The predicted octanol–water partition coefficient (Wildman–Crippen LogP) is -0.848. The molecule has 0 radical (unpaired) electrons. The molecule has 1 rings (SSSR count). The molecular weight excluding hydrogens is 210 g/mol. The SMILES string of the molecule is CN(C)C(=O)CN(C)C(=O)c1[nH]ncc1N. The Morgan fingerprint density at radius 2 is 2.06 bits per heavy atom. The number of amides is 2. The van der Waals surface area contributed by atoms with Gasteiger partial charge in [-0.1, -0.05) is 0 Å². The van der Waals surface area contributed by atoms with Crippen molar-refractivity contribution in [1.82, 2.24) is 20.0 Å². The van der Waals surface area contributed by atoms with E-state index in [9.17, 15) is 9.59 Å². The second-order valence-electron chi connectivity index (χ2n) is 3.65. The average molecular weight is 225 g/mol. The van der Waals surface area contributed by atoms with E-state index in [-0.39, 0.29) is 29.7 Å². The first-order valence-electron chi connectivity index (χ1n) is 4.68. The van der Waals surface area contributed by atoms with Crippen LogP contribution in [-0.2, 0) is 4.79 Å². The lowest BCUT2D eigenvalue weighted by molar-refractivity contribution is -0.129. The minimum Gasteiger partial charge on any atom is -0.396 e. The first-order valence-corrected chi connectivity index (χ1v) is 4.68. The first kappa shape index (κ1) is 12.0. The molecule has 0 spiro atoms. The Morgan fingerprint density at radius 3 is 2.50 bits per heavy atom. The van der Waals surface area contributed by atoms with E-state index in [1.807, 2.05) is 0 Å². The van der Waals surface area contributed by atoms with Crippen molar-refractivity contribution in [3.05, 3.63) is 11.9 Å². The summed E-state index contributed by atoms with van der Waals surface area (Å²) in [5, 5.41) is 6.14. The number of anilines is 1. The molecule has 7 nitrogen and oxygen atoms in total. The standard InChI is InChI=1S/C9H15N5O2/c1-13(2)7(15)5-14(3)9(16)8-6(10)4-11-12-8/h4H,5,10H2,1-3H3,(H,11,12). The van der Waals surface area contributed by atoms with Crippen molar-refractivity contribution in [2.75, 3.05) is 33.4 Å². The minimum absolute atomic E-state index is 0.00426. The molecule has 0 aliphatic carbocycles. The zero-order valence-electron chi connectivity index (χ0n) is 9.52. The summed E-state index contributed by atoms with van der Waals surface area (Å²) >= 11 is 0. The fourth-order valence-corrected chi connectivity index (χ4v) is 1.07. The maximum Gasteiger partial charge on any atom is 0.274 e. The number of carbonyl (C=O) groups excluding carboxylic acids is 2. The van der Waals surface area contributed by atoms with E-state index in [1.165, 1.54) is 23.0 Å². The van der Waals surface area contributed by atoms with Crippen molar-refractivity contribution < 1.29 is 9.59 Å². The van der Waals surface area contributed by atoms with E-state index in [2.05, 4.69) is 10.2 Å². The summed E-state index contributed by atoms with van der Waals surface area (Å²) in [6.45, 7) is 0.00426. The molecule has 0 aliphatic rings. The number of hydrogen-bond donors (Lipinski definition) is 2. The molecule has 7 heteroatoms. The van der Waals surface area contributed by atoms with Crippen molar-refractivity contribution in [3.8, 4) is 0 Å². The fourth-order valence-electron chi connectivity index (χ4n) is 1.07. The zero-order valence-corrected chi connectivity index (χ0v) is 9.52. The van der Waals surface area contributed by atoms with Gasteiger partial charge in [-0.3, -0.25) is 14.7 Å². The number of H-pyrrole nitrogens is 1. The highest BCUT2D eigenvalue weighted by molar-refractivity contribution is 5.98. The Kier molecular flexibility index (Phi) is 3.49. The van der Waals surface area contributed by atoms with Gasteiger partial charge in [-0.25, -0.2) is 0 Å². The van der Waals surface area contributed by atoms with Crippen LogP contribution >= 0.6 is 0 Å². The lowest BCUT2D eigenvalue weighted by Crippen LogP contribution is -2.38. The maximum atomic E-state index is 11.8. The highest BCUT2D eigenvalue weighted by Crippen LogP contribution is 2.08. The molecule has 88 valence electrons. The van der Waals surface area contributed by atoms with E-state index >= 15 is 0 Å². The number of hydrogen-bond acceptors (Lipinski definition) is 4. The summed E-state index contributed by atoms with van der Waals surface area (Å²) < 4.78 is 0. The van der Waals surface area contributed by atoms with E-state index in [4.69, 9.17) is 5.73 Å². The van der Waals surface area contributed by atoms with Crippen LogP contribution in [0.25, 0.3) is 0 Å². The Morgan fingerprint density at radius 1 is 1.44 bits per heavy atom. The highest BCUT2D eigenvalue weighted by atomic mass is 16.2. The number of likely N-dealkylation sites (N-methyl/N-ethyl adjacent to an activating group) is 2. The van der Waals surface area contributed by atoms with Crippen LogP contribution < -0.4 is 5.73 Å². The Labute approximate surface area is 93.2 Å². The number of rotatable bonds is 3. The molecule has 3 N–H and O–H groups in total. The number of nitrogen functional groups attached to an aromatic ring is 1. The van der Waals surface area contributed by atoms with Crippen molar-refractivity contribution in [2.24, 2.45) is 0 Å². The fraction of sp³-hybridized carbons (Fsp3) is 0.444. The molecule has 2 amide bonds. The van der Waals surface area contributed by atoms with Crippen LogP contribution in [-0.4, -0.2) is 59.5 Å². The molecule has 0 fully saturated rings. The summed E-state index contributed by atoms with van der Waals surface area (Å²) in [4.78, 5) is 25.9. The second-order valence-corrected chi connectivity index (χ2v) is 3.65. The largest absolute Gasteiger partial charge is 0.396 e. The highest BCUT2D eigenvalue weighted by Gasteiger charge is 2.19. The topological polar surface area (TPSA) is 95.3 Å². The molecule has 16 heavy (non-hydrogen) atoms. The van der Waals surface area contributed by atoms with E-state index in [1.54, 1.807) is 14.1 Å². The van der Waals surface area contributed by atoms with Gasteiger partial charge in [-0.2, -0.15) is 5.10 Å². The Bertz CT molecular complexity index is 398. The molecule has 0 aliphatic heterocycles. The molecular formula is C9H15N5O2. The number of nitrogens with two attached hydrogens (primary N) is 1. The smallest absolute Gasteiger partial charge is 0.274 e. The third kappa shape index (κ3) is 2.50. The normalized spacial score (nSPS) is 9.94. The van der Waals surface area contributed by atoms with Crippen molar-refractivity contribution in [2.45, 2.75) is 0 Å². The van der Waals surface area contributed by atoms with Crippen molar-refractivity contribution in [3.63, 3.8) is 0 Å². The Hall–Kier alpha value is -2.05. The number of carbonyl (C=O) groups is 2. The molecule has 0 saturated carbocycles. The summed E-state index contributed by atoms with van der Waals surface area (Å²) in [6.07, 6.45) is 1.36. The summed E-state index contributed by atoms with van der Waals surface area (Å²) in [5.41, 5.74) is 6.01. The first-order chi connectivity index (χ1) is 7.43. The number of nitrogens with zero attached hydrogens (tertiary/aromatic N) is 3. The van der Waals surface area contributed by atoms with E-state index in [0.717, 1.165) is 0 Å². The third-order valence-corrected chi connectivity index (χ3v) is 2.10. The van der Waals surface area contributed by atoms with Gasteiger partial charge >= 0.3 is 0 Å². The van der Waals surface area contributed by atoms with Gasteiger partial charge in [0.05, 0.1) is 18.4 Å². The summed E-state index contributed by atoms with van der Waals surface area (Å²) in [6, 6.07) is 0. The monoisotopic (exact) mass is 225 g/mol. The van der Waals surface area contributed by atoms with Gasteiger partial charge < -0.3 is 15.5 Å². The number of nitrogens with one attached hydrogen (secondary N) is 1. The van der Waals surface area contributed by atoms with Crippen molar-refractivity contribution >= 4 is 17.5 Å². The average Bonchev–Trinajstić information content (AvgIpc) is 2.62. The lowest BCUT2D eigenvalue weighted by Gasteiger charge is -2.18. The summed E-state index contributed by atoms with van der Waals surface area (Å²) in [5.74, 6) is -0.515. The minimum atomic E-state index is -0.356. The van der Waals surface area contributed by atoms with Crippen LogP contribution in [0.2, 0.25) is 0 Å². The van der Waals surface area contributed by atoms with Gasteiger partial charge in [0, 0.05) is 21.1 Å². The van der Waals surface area contributed by atoms with Crippen LogP contribution in [0.5, 0.6) is 0 Å². The van der Waals surface area contributed by atoms with Gasteiger partial charge in [0.25, 0.3) is 5.91 Å². The van der Waals surface area contributed by atoms with Gasteiger partial charge in [0.2, 0.25) is 5.91 Å². The van der Waals surface area contributed by atoms with Crippen LogP contribution in [0, 0.1) is 0 Å². The molecule has 0 aromatic carbocycles. The van der Waals surface area contributed by atoms with Crippen LogP contribution in [0.3, 0.4) is 0 Å². The molecule has 0 saturated heterocycles. The third-order valence-electron chi connectivity index (χ3n) is 2.10. The molecule has 1 aromatic heterocycles.